The molecular formula is C10H10ClNO4S. The number of carboxylic acids is 1. The average molecular weight is 276 g/mol. The third-order valence-electron chi connectivity index (χ3n) is 1.82. The van der Waals surface area contributed by atoms with E-state index in [1.807, 2.05) is 0 Å². The van der Waals surface area contributed by atoms with Gasteiger partial charge in [-0.2, -0.15) is 0 Å². The Hall–Kier alpha value is -1.53. The molecule has 2 N–H and O–H groups in total. The Morgan fingerprint density at radius 2 is 2.18 bits per heavy atom. The summed E-state index contributed by atoms with van der Waals surface area (Å²) >= 11 is 5.76. The van der Waals surface area contributed by atoms with Crippen molar-refractivity contribution < 1.29 is 18.3 Å². The molecule has 0 heterocycles. The number of carbonyl (C=O) groups is 1. The Kier molecular flexibility index (Phi) is 4.14. The molecule has 0 radical (unpaired) electrons. The van der Waals surface area contributed by atoms with Crippen molar-refractivity contribution in [3.8, 4) is 0 Å². The highest BCUT2D eigenvalue weighted by Crippen LogP contribution is 2.24. The number of benzene rings is 1. The van der Waals surface area contributed by atoms with E-state index in [1.165, 1.54) is 18.2 Å². The second kappa shape index (κ2) is 5.20. The number of anilines is 1. The minimum absolute atomic E-state index is 0.0356. The van der Waals surface area contributed by atoms with E-state index < -0.39 is 16.0 Å². The molecule has 0 fully saturated rings. The molecule has 1 rings (SSSR count). The SMILES string of the molecule is C=CCS(=O)(=O)Nc1cc(C(=O)O)ccc1Cl. The lowest BCUT2D eigenvalue weighted by Crippen LogP contribution is -2.15. The maximum Gasteiger partial charge on any atom is 0.335 e. The van der Waals surface area contributed by atoms with E-state index in [0.717, 1.165) is 6.07 Å². The smallest absolute Gasteiger partial charge is 0.335 e. The van der Waals surface area contributed by atoms with Crippen LogP contribution in [0, 0.1) is 0 Å². The Bertz CT molecular complexity index is 553. The molecule has 0 bridgehead atoms. The van der Waals surface area contributed by atoms with Crippen LogP contribution < -0.4 is 4.72 Å². The van der Waals surface area contributed by atoms with Crippen molar-refractivity contribution in [2.75, 3.05) is 10.5 Å². The topological polar surface area (TPSA) is 83.5 Å². The largest absolute Gasteiger partial charge is 0.478 e. The summed E-state index contributed by atoms with van der Waals surface area (Å²) in [6, 6.07) is 3.76. The van der Waals surface area contributed by atoms with Crippen LogP contribution in [0.5, 0.6) is 0 Å². The van der Waals surface area contributed by atoms with Gasteiger partial charge in [-0.25, -0.2) is 13.2 Å². The van der Waals surface area contributed by atoms with Gasteiger partial charge < -0.3 is 5.11 Å². The second-order valence-electron chi connectivity index (χ2n) is 3.17. The molecule has 0 amide bonds. The van der Waals surface area contributed by atoms with E-state index >= 15 is 0 Å². The third-order valence-corrected chi connectivity index (χ3v) is 3.35. The van der Waals surface area contributed by atoms with Crippen molar-refractivity contribution in [1.82, 2.24) is 0 Å². The molecule has 1 aromatic carbocycles. The number of hydrogen-bond acceptors (Lipinski definition) is 3. The highest BCUT2D eigenvalue weighted by atomic mass is 35.5. The zero-order chi connectivity index (χ0) is 13.1. The quantitative estimate of drug-likeness (QED) is 0.805. The normalized spacial score (nSPS) is 10.9. The summed E-state index contributed by atoms with van der Waals surface area (Å²) in [4.78, 5) is 10.7. The molecule has 0 aromatic heterocycles. The van der Waals surface area contributed by atoms with Crippen molar-refractivity contribution in [3.05, 3.63) is 41.4 Å². The van der Waals surface area contributed by atoms with Gasteiger partial charge in [-0.15, -0.1) is 6.58 Å². The number of halogens is 1. The lowest BCUT2D eigenvalue weighted by Gasteiger charge is -2.08. The van der Waals surface area contributed by atoms with Crippen LogP contribution in [0.3, 0.4) is 0 Å². The van der Waals surface area contributed by atoms with E-state index in [9.17, 15) is 13.2 Å². The molecule has 1 aromatic rings. The van der Waals surface area contributed by atoms with Crippen molar-refractivity contribution in [2.24, 2.45) is 0 Å². The molecule has 0 saturated heterocycles. The first-order valence-corrected chi connectivity index (χ1v) is 6.53. The van der Waals surface area contributed by atoms with Crippen molar-refractivity contribution in [2.45, 2.75) is 0 Å². The number of carboxylic acid groups (broad SMARTS) is 1. The summed E-state index contributed by atoms with van der Waals surface area (Å²) < 4.78 is 25.1. The molecule has 0 atom stereocenters. The Morgan fingerprint density at radius 3 is 2.71 bits per heavy atom. The van der Waals surface area contributed by atoms with Crippen LogP contribution >= 0.6 is 11.6 Å². The predicted octanol–water partition coefficient (Wildman–Crippen LogP) is 1.97. The van der Waals surface area contributed by atoms with Crippen molar-refractivity contribution in [3.63, 3.8) is 0 Å². The van der Waals surface area contributed by atoms with Crippen molar-refractivity contribution >= 4 is 33.3 Å². The van der Waals surface area contributed by atoms with E-state index in [-0.39, 0.29) is 22.0 Å². The van der Waals surface area contributed by atoms with Crippen LogP contribution in [-0.2, 0) is 10.0 Å². The molecular weight excluding hydrogens is 266 g/mol. The van der Waals surface area contributed by atoms with E-state index in [1.54, 1.807) is 0 Å². The average Bonchev–Trinajstić information content (AvgIpc) is 2.20. The lowest BCUT2D eigenvalue weighted by molar-refractivity contribution is 0.0697. The van der Waals surface area contributed by atoms with E-state index in [0.29, 0.717) is 0 Å². The summed E-state index contributed by atoms with van der Waals surface area (Å²) in [7, 11) is -3.60. The van der Waals surface area contributed by atoms with Crippen LogP contribution in [0.15, 0.2) is 30.9 Å². The molecule has 0 spiro atoms. The summed E-state index contributed by atoms with van der Waals surface area (Å²) in [5.41, 5.74) is -0.0147. The first-order chi connectivity index (χ1) is 7.85. The van der Waals surface area contributed by atoms with Gasteiger partial charge >= 0.3 is 5.97 Å². The van der Waals surface area contributed by atoms with Crippen LogP contribution in [-0.4, -0.2) is 25.2 Å². The molecule has 0 aliphatic heterocycles. The first kappa shape index (κ1) is 13.5. The minimum Gasteiger partial charge on any atom is -0.478 e. The van der Waals surface area contributed by atoms with Gasteiger partial charge in [0.2, 0.25) is 10.0 Å². The fourth-order valence-electron chi connectivity index (χ4n) is 1.10. The second-order valence-corrected chi connectivity index (χ2v) is 5.35. The summed E-state index contributed by atoms with van der Waals surface area (Å²) in [5, 5.41) is 8.89. The van der Waals surface area contributed by atoms with Gasteiger partial charge in [0.25, 0.3) is 0 Å². The molecule has 0 unspecified atom stereocenters. The monoisotopic (exact) mass is 275 g/mol. The zero-order valence-electron chi connectivity index (χ0n) is 8.68. The van der Waals surface area contributed by atoms with Gasteiger partial charge in [-0.3, -0.25) is 4.72 Å². The van der Waals surface area contributed by atoms with Gasteiger partial charge in [0.1, 0.15) is 0 Å². The lowest BCUT2D eigenvalue weighted by atomic mass is 10.2. The number of aromatic carboxylic acids is 1. The molecule has 7 heteroatoms. The molecule has 0 saturated carbocycles. The fourth-order valence-corrected chi connectivity index (χ4v) is 2.22. The Morgan fingerprint density at radius 1 is 1.53 bits per heavy atom. The van der Waals surface area contributed by atoms with Gasteiger partial charge in [-0.1, -0.05) is 17.7 Å². The van der Waals surface area contributed by atoms with E-state index in [4.69, 9.17) is 16.7 Å². The van der Waals surface area contributed by atoms with Crippen molar-refractivity contribution in [1.29, 1.82) is 0 Å². The number of nitrogens with one attached hydrogen (secondary N) is 1. The van der Waals surface area contributed by atoms with Crippen LogP contribution in [0.2, 0.25) is 5.02 Å². The zero-order valence-corrected chi connectivity index (χ0v) is 10.3. The standard InChI is InChI=1S/C10H10ClNO4S/c1-2-5-17(15,16)12-9-6-7(10(13)14)3-4-8(9)11/h2-4,6,12H,1,5H2,(H,13,14). The molecule has 0 aliphatic rings. The van der Waals surface area contributed by atoms with Crippen LogP contribution in [0.4, 0.5) is 5.69 Å². The molecule has 92 valence electrons. The van der Waals surface area contributed by atoms with Crippen LogP contribution in [0.1, 0.15) is 10.4 Å². The predicted molar refractivity (Wildman–Crippen MR) is 66.0 cm³/mol. The summed E-state index contributed by atoms with van der Waals surface area (Å²) in [5.74, 6) is -1.44. The maximum atomic E-state index is 11.4. The molecule has 0 aliphatic carbocycles. The van der Waals surface area contributed by atoms with Gasteiger partial charge in [0.15, 0.2) is 0 Å². The highest BCUT2D eigenvalue weighted by molar-refractivity contribution is 7.92. The Balaban J connectivity index is 3.10. The number of hydrogen-bond donors (Lipinski definition) is 2. The summed E-state index contributed by atoms with van der Waals surface area (Å²) in [6.45, 7) is 3.31. The maximum absolute atomic E-state index is 11.4. The summed E-state index contributed by atoms with van der Waals surface area (Å²) in [6.07, 6.45) is 1.22. The van der Waals surface area contributed by atoms with E-state index in [2.05, 4.69) is 11.3 Å². The third kappa shape index (κ3) is 3.76. The molecule has 17 heavy (non-hydrogen) atoms. The molecule has 5 nitrogen and oxygen atoms in total. The Labute approximate surface area is 104 Å². The van der Waals surface area contributed by atoms with Crippen LogP contribution in [0.25, 0.3) is 0 Å². The highest BCUT2D eigenvalue weighted by Gasteiger charge is 2.13. The fraction of sp³-hybridized carbons (Fsp3) is 0.100. The number of sulfonamides is 1. The minimum atomic E-state index is -3.60. The van der Waals surface area contributed by atoms with Gasteiger partial charge in [-0.05, 0) is 18.2 Å². The van der Waals surface area contributed by atoms with Gasteiger partial charge in [0, 0.05) is 0 Å². The first-order valence-electron chi connectivity index (χ1n) is 4.50. The number of rotatable bonds is 5. The van der Waals surface area contributed by atoms with Gasteiger partial charge in [0.05, 0.1) is 22.0 Å².